The molecule has 6 atom stereocenters. The summed E-state index contributed by atoms with van der Waals surface area (Å²) in [4.78, 5) is 0. The molecule has 1 nitrogen and oxygen atoms in total. The lowest BCUT2D eigenvalue weighted by Gasteiger charge is -2.14. The van der Waals surface area contributed by atoms with Crippen LogP contribution in [0, 0.1) is 0 Å². The molecule has 4 aliphatic carbocycles. The first-order chi connectivity index (χ1) is 11.8. The maximum atomic E-state index is 7.13. The molecule has 4 bridgehead atoms. The van der Waals surface area contributed by atoms with E-state index in [1.165, 1.54) is 25.7 Å². The lowest BCUT2D eigenvalue weighted by molar-refractivity contribution is 0.438. The fourth-order valence-electron chi connectivity index (χ4n) is 7.96. The summed E-state index contributed by atoms with van der Waals surface area (Å²) in [6.07, 6.45) is 5.50. The normalized spacial score (nSPS) is 48.3. The predicted molar refractivity (Wildman–Crippen MR) is 99.3 cm³/mol. The van der Waals surface area contributed by atoms with Crippen LogP contribution in [-0.2, 0) is 11.1 Å². The second-order valence-electron chi connectivity index (χ2n) is 8.55. The maximum Gasteiger partial charge on any atom is 0.213 e. The highest BCUT2D eigenvalue weighted by atomic mass is 32.2. The molecule has 1 saturated heterocycles. The van der Waals surface area contributed by atoms with Crippen molar-refractivity contribution in [2.75, 3.05) is 0 Å². The number of benzene rings is 2. The Morgan fingerprint density at radius 3 is 1.21 bits per heavy atom. The second-order valence-corrected chi connectivity index (χ2v) is 10.6. The molecule has 2 saturated carbocycles. The van der Waals surface area contributed by atoms with Crippen LogP contribution in [0.5, 0.6) is 0 Å². The van der Waals surface area contributed by atoms with Gasteiger partial charge in [0, 0.05) is 23.7 Å². The average Bonchev–Trinajstić information content (AvgIpc) is 3.11. The van der Waals surface area contributed by atoms with Crippen molar-refractivity contribution in [1.82, 2.24) is 0 Å². The van der Waals surface area contributed by atoms with Gasteiger partial charge in [-0.15, -0.1) is 5.14 Å². The lowest BCUT2D eigenvalue weighted by Crippen LogP contribution is -2.31. The summed E-state index contributed by atoms with van der Waals surface area (Å²) in [5, 5.41) is 7.13. The highest BCUT2D eigenvalue weighted by Crippen LogP contribution is 2.87. The number of nitrogens with two attached hydrogens (primary N) is 1. The van der Waals surface area contributed by atoms with Gasteiger partial charge < -0.3 is 0 Å². The van der Waals surface area contributed by atoms with E-state index in [1.807, 2.05) is 0 Å². The molecule has 2 spiro atoms. The van der Waals surface area contributed by atoms with Gasteiger partial charge in [0.2, 0.25) is 9.49 Å². The van der Waals surface area contributed by atoms with Crippen LogP contribution in [-0.4, -0.2) is 9.49 Å². The zero-order valence-corrected chi connectivity index (χ0v) is 14.6. The molecule has 7 rings (SSSR count). The van der Waals surface area contributed by atoms with E-state index in [0.717, 1.165) is 23.7 Å². The van der Waals surface area contributed by atoms with Crippen molar-refractivity contribution < 1.29 is 0 Å². The SMILES string of the molecule is N[S+]1C2([C@@H]3CC[C@H]2c2ccccc23)C12[C@@H]1CC[C@H]2c2ccccc21. The molecule has 120 valence electrons. The summed E-state index contributed by atoms with van der Waals surface area (Å²) < 4.78 is 0.809. The molecular weight excluding hydrogens is 310 g/mol. The summed E-state index contributed by atoms with van der Waals surface area (Å²) in [6, 6.07) is 18.6. The van der Waals surface area contributed by atoms with E-state index in [9.17, 15) is 0 Å². The highest BCUT2D eigenvalue weighted by molar-refractivity contribution is 8.05. The minimum atomic E-state index is 0.0731. The van der Waals surface area contributed by atoms with Gasteiger partial charge in [0.15, 0.2) is 0 Å². The summed E-state index contributed by atoms with van der Waals surface area (Å²) in [7, 11) is 0. The van der Waals surface area contributed by atoms with Crippen molar-refractivity contribution in [1.29, 1.82) is 0 Å². The molecular formula is C22H22NS+. The van der Waals surface area contributed by atoms with Gasteiger partial charge >= 0.3 is 0 Å². The Morgan fingerprint density at radius 1 is 0.625 bits per heavy atom. The first kappa shape index (κ1) is 13.0. The first-order valence-corrected chi connectivity index (χ1v) is 10.8. The largest absolute Gasteiger partial charge is 0.213 e. The van der Waals surface area contributed by atoms with E-state index in [1.54, 1.807) is 22.3 Å². The summed E-state index contributed by atoms with van der Waals surface area (Å²) in [6.45, 7) is 0. The molecule has 2 aromatic rings. The molecule has 2 N–H and O–H groups in total. The van der Waals surface area contributed by atoms with E-state index >= 15 is 0 Å². The van der Waals surface area contributed by atoms with Crippen LogP contribution in [0.3, 0.4) is 0 Å². The highest BCUT2D eigenvalue weighted by Gasteiger charge is 3.01. The van der Waals surface area contributed by atoms with Gasteiger partial charge in [-0.25, -0.2) is 0 Å². The Balaban J connectivity index is 1.48. The standard InChI is InChI=1S/C22H22NS/c23-24-21(17-9-10-18(21)14-6-2-1-5-13(14)17)22(24)19-11-12-20(22)16-8-4-3-7-15(16)19/h1-8,17-20H,9-12,23H2/q+1/t17-,18+,19-,20+,21?,22?,24?. The van der Waals surface area contributed by atoms with Gasteiger partial charge in [-0.2, -0.15) is 0 Å². The fraction of sp³-hybridized carbons (Fsp3) is 0.455. The van der Waals surface area contributed by atoms with E-state index in [2.05, 4.69) is 48.5 Å². The monoisotopic (exact) mass is 332 g/mol. The van der Waals surface area contributed by atoms with Crippen molar-refractivity contribution in [3.63, 3.8) is 0 Å². The number of hydrogen-bond acceptors (Lipinski definition) is 1. The Labute approximate surface area is 146 Å². The van der Waals surface area contributed by atoms with Gasteiger partial charge in [0.05, 0.1) is 11.1 Å². The van der Waals surface area contributed by atoms with Gasteiger partial charge in [0.25, 0.3) is 0 Å². The smallest absolute Gasteiger partial charge is 0.150 e. The summed E-state index contributed by atoms with van der Waals surface area (Å²) >= 11 is 0.0731. The van der Waals surface area contributed by atoms with Gasteiger partial charge in [-0.1, -0.05) is 48.5 Å². The molecule has 5 aliphatic rings. The molecule has 1 heterocycles. The minimum Gasteiger partial charge on any atom is -0.150 e. The van der Waals surface area contributed by atoms with E-state index < -0.39 is 0 Å². The van der Waals surface area contributed by atoms with Crippen molar-refractivity contribution in [3.8, 4) is 0 Å². The topological polar surface area (TPSA) is 26.0 Å². The zero-order chi connectivity index (χ0) is 15.7. The fourth-order valence-corrected chi connectivity index (χ4v) is 11.7. The number of rotatable bonds is 0. The third-order valence-corrected chi connectivity index (χ3v) is 11.4. The van der Waals surface area contributed by atoms with Gasteiger partial charge in [-0.3, -0.25) is 0 Å². The second kappa shape index (κ2) is 3.78. The molecule has 2 heteroatoms. The van der Waals surface area contributed by atoms with Crippen molar-refractivity contribution in [2.45, 2.75) is 58.8 Å². The molecule has 24 heavy (non-hydrogen) atoms. The molecule has 0 amide bonds. The van der Waals surface area contributed by atoms with Crippen LogP contribution in [0.25, 0.3) is 0 Å². The first-order valence-electron chi connectivity index (χ1n) is 9.49. The average molecular weight is 332 g/mol. The number of fused-ring (bicyclic) bond motifs is 6. The third-order valence-electron chi connectivity index (χ3n) is 8.35. The molecule has 0 aromatic heterocycles. The van der Waals surface area contributed by atoms with Crippen molar-refractivity contribution in [2.24, 2.45) is 5.14 Å². The quantitative estimate of drug-likeness (QED) is 0.564. The van der Waals surface area contributed by atoms with E-state index in [0.29, 0.717) is 9.49 Å². The van der Waals surface area contributed by atoms with Gasteiger partial charge in [-0.05, 0) is 47.9 Å². The zero-order valence-electron chi connectivity index (χ0n) is 13.7. The molecule has 2 aromatic carbocycles. The van der Waals surface area contributed by atoms with Crippen LogP contribution < -0.4 is 5.14 Å². The Morgan fingerprint density at radius 2 is 0.917 bits per heavy atom. The third kappa shape index (κ3) is 1.00. The predicted octanol–water partition coefficient (Wildman–Crippen LogP) is 4.32. The molecule has 2 unspecified atom stereocenters. The summed E-state index contributed by atoms with van der Waals surface area (Å²) in [5.41, 5.74) is 6.63. The molecule has 1 aliphatic heterocycles. The van der Waals surface area contributed by atoms with Crippen LogP contribution in [0.1, 0.15) is 71.6 Å². The van der Waals surface area contributed by atoms with Crippen LogP contribution in [0.4, 0.5) is 0 Å². The van der Waals surface area contributed by atoms with Crippen molar-refractivity contribution >= 4 is 11.1 Å². The van der Waals surface area contributed by atoms with Crippen LogP contribution in [0.15, 0.2) is 48.5 Å². The Kier molecular flexibility index (Phi) is 2.05. The van der Waals surface area contributed by atoms with Crippen LogP contribution >= 0.6 is 0 Å². The molecule has 0 radical (unpaired) electrons. The van der Waals surface area contributed by atoms with Crippen molar-refractivity contribution in [3.05, 3.63) is 70.8 Å². The summed E-state index contributed by atoms with van der Waals surface area (Å²) in [5.74, 6) is 2.96. The Hall–Kier alpha value is -1.25. The van der Waals surface area contributed by atoms with Crippen LogP contribution in [0.2, 0.25) is 0 Å². The number of hydrogen-bond donors (Lipinski definition) is 1. The minimum absolute atomic E-state index is 0.0731. The lowest BCUT2D eigenvalue weighted by atomic mass is 9.75. The van der Waals surface area contributed by atoms with Gasteiger partial charge in [0.1, 0.15) is 0 Å². The molecule has 3 fully saturated rings. The van der Waals surface area contributed by atoms with E-state index in [4.69, 9.17) is 5.14 Å². The van der Waals surface area contributed by atoms with E-state index in [-0.39, 0.29) is 11.1 Å². The maximum absolute atomic E-state index is 7.13. The Bertz CT molecular complexity index is 767.